The number of benzene rings is 2. The molecule has 1 heterocycles. The number of nitrogens with two attached hydrogens (primary N) is 1. The van der Waals surface area contributed by atoms with Crippen LogP contribution in [0.25, 0.3) is 0 Å². The molecule has 1 aliphatic heterocycles. The zero-order valence-electron chi connectivity index (χ0n) is 25.4. The quantitative estimate of drug-likeness (QED) is 0.110. The topological polar surface area (TPSA) is 157 Å². The van der Waals surface area contributed by atoms with Crippen LogP contribution < -0.4 is 16.4 Å². The average Bonchev–Trinajstić information content (AvgIpc) is 3.86. The summed E-state index contributed by atoms with van der Waals surface area (Å²) in [5.41, 5.74) is 4.59. The van der Waals surface area contributed by atoms with Gasteiger partial charge in [0.15, 0.2) is 5.78 Å². The summed E-state index contributed by atoms with van der Waals surface area (Å²) >= 11 is 0. The second kappa shape index (κ2) is 14.9. The van der Waals surface area contributed by atoms with Crippen LogP contribution in [-0.4, -0.2) is 61.9 Å². The maximum Gasteiger partial charge on any atom is 0.312 e. The summed E-state index contributed by atoms with van der Waals surface area (Å²) in [5.74, 6) is -2.17. The Hall–Kier alpha value is -4.05. The third-order valence-electron chi connectivity index (χ3n) is 8.61. The SMILES string of the molecule is CCC(C)(C(=O)NCCCNC(=O)c1ccc(C(=O)c2ccccc2)cc1)C(C)(CCC(C)C(N)=O)C(=O)OCC1CO1. The van der Waals surface area contributed by atoms with E-state index in [1.54, 1.807) is 69.3 Å². The molecular formula is C33H43N3O7. The largest absolute Gasteiger partial charge is 0.462 e. The molecule has 2 aromatic carbocycles. The van der Waals surface area contributed by atoms with Crippen molar-refractivity contribution in [3.8, 4) is 0 Å². The first kappa shape index (κ1) is 33.5. The Kier molecular flexibility index (Phi) is 11.6. The van der Waals surface area contributed by atoms with Crippen LogP contribution in [0.15, 0.2) is 54.6 Å². The standard InChI is InChI=1S/C33H43N3O7/c1-5-32(3,33(4,17-16-22(2)28(34)38)31(41)43-21-26-20-42-26)30(40)36-19-9-18-35-29(39)25-14-12-24(13-15-25)27(37)23-10-7-6-8-11-23/h6-8,10-15,22,26H,5,9,16-21H2,1-4H3,(H2,34,38)(H,35,39)(H,36,40). The lowest BCUT2D eigenvalue weighted by Crippen LogP contribution is -2.54. The molecule has 232 valence electrons. The summed E-state index contributed by atoms with van der Waals surface area (Å²) in [6.07, 6.45) is 1.27. The minimum Gasteiger partial charge on any atom is -0.462 e. The molecule has 1 aliphatic rings. The first-order valence-electron chi connectivity index (χ1n) is 14.8. The molecule has 0 spiro atoms. The summed E-state index contributed by atoms with van der Waals surface area (Å²) in [6.45, 7) is 8.21. The minimum atomic E-state index is -1.22. The number of rotatable bonds is 17. The summed E-state index contributed by atoms with van der Waals surface area (Å²) in [4.78, 5) is 63.8. The van der Waals surface area contributed by atoms with E-state index in [-0.39, 0.29) is 43.3 Å². The molecule has 3 amide bonds. The first-order chi connectivity index (χ1) is 20.4. The van der Waals surface area contributed by atoms with Crippen molar-refractivity contribution in [2.75, 3.05) is 26.3 Å². The molecule has 0 aromatic heterocycles. The fourth-order valence-corrected chi connectivity index (χ4v) is 4.86. The van der Waals surface area contributed by atoms with E-state index in [1.807, 2.05) is 13.0 Å². The van der Waals surface area contributed by atoms with Gasteiger partial charge in [0, 0.05) is 35.7 Å². The van der Waals surface area contributed by atoms with E-state index in [4.69, 9.17) is 15.2 Å². The van der Waals surface area contributed by atoms with E-state index in [0.717, 1.165) is 0 Å². The van der Waals surface area contributed by atoms with Crippen molar-refractivity contribution < 1.29 is 33.4 Å². The lowest BCUT2D eigenvalue weighted by Gasteiger charge is -2.43. The highest BCUT2D eigenvalue weighted by Gasteiger charge is 2.54. The second-order valence-electron chi connectivity index (χ2n) is 11.6. The number of ketones is 1. The molecule has 0 bridgehead atoms. The van der Waals surface area contributed by atoms with Crippen LogP contribution in [0.3, 0.4) is 0 Å². The molecule has 4 atom stereocenters. The molecular weight excluding hydrogens is 550 g/mol. The smallest absolute Gasteiger partial charge is 0.312 e. The number of amides is 3. The lowest BCUT2D eigenvalue weighted by atomic mass is 9.60. The number of carbonyl (C=O) groups excluding carboxylic acids is 5. The van der Waals surface area contributed by atoms with Gasteiger partial charge in [-0.05, 0) is 51.7 Å². The molecule has 0 aliphatic carbocycles. The third-order valence-corrected chi connectivity index (χ3v) is 8.61. The maximum atomic E-state index is 13.5. The number of ether oxygens (including phenoxy) is 2. The number of primary amides is 1. The molecule has 10 nitrogen and oxygen atoms in total. The fourth-order valence-electron chi connectivity index (χ4n) is 4.86. The maximum absolute atomic E-state index is 13.5. The number of carbonyl (C=O) groups is 5. The van der Waals surface area contributed by atoms with Crippen molar-refractivity contribution in [1.82, 2.24) is 10.6 Å². The van der Waals surface area contributed by atoms with E-state index < -0.39 is 28.6 Å². The van der Waals surface area contributed by atoms with Crippen LogP contribution in [-0.2, 0) is 23.9 Å². The van der Waals surface area contributed by atoms with Gasteiger partial charge in [0.2, 0.25) is 11.8 Å². The van der Waals surface area contributed by atoms with Gasteiger partial charge in [-0.15, -0.1) is 0 Å². The van der Waals surface area contributed by atoms with E-state index in [2.05, 4.69) is 10.6 Å². The van der Waals surface area contributed by atoms with Gasteiger partial charge < -0.3 is 25.8 Å². The van der Waals surface area contributed by atoms with Gasteiger partial charge in [-0.1, -0.05) is 56.3 Å². The van der Waals surface area contributed by atoms with Gasteiger partial charge in [-0.3, -0.25) is 24.0 Å². The Balaban J connectivity index is 1.54. The van der Waals surface area contributed by atoms with Crippen molar-refractivity contribution in [3.05, 3.63) is 71.3 Å². The first-order valence-corrected chi connectivity index (χ1v) is 14.8. The van der Waals surface area contributed by atoms with Crippen molar-refractivity contribution >= 4 is 29.5 Å². The highest BCUT2D eigenvalue weighted by atomic mass is 16.6. The number of esters is 1. The normalized spacial score (nSPS) is 17.4. The van der Waals surface area contributed by atoms with Crippen LogP contribution >= 0.6 is 0 Å². The molecule has 3 rings (SSSR count). The Morgan fingerprint density at radius 2 is 1.51 bits per heavy atom. The lowest BCUT2D eigenvalue weighted by molar-refractivity contribution is -0.170. The number of epoxide rings is 1. The van der Waals surface area contributed by atoms with E-state index in [9.17, 15) is 24.0 Å². The Morgan fingerprint density at radius 1 is 0.930 bits per heavy atom. The Bertz CT molecular complexity index is 1290. The Morgan fingerprint density at radius 3 is 2.09 bits per heavy atom. The van der Waals surface area contributed by atoms with Crippen LogP contribution in [0.2, 0.25) is 0 Å². The number of nitrogens with one attached hydrogen (secondary N) is 2. The van der Waals surface area contributed by atoms with Crippen LogP contribution in [0.5, 0.6) is 0 Å². The zero-order chi connectivity index (χ0) is 31.6. The predicted octanol–water partition coefficient (Wildman–Crippen LogP) is 3.42. The highest BCUT2D eigenvalue weighted by Crippen LogP contribution is 2.47. The molecule has 10 heteroatoms. The zero-order valence-corrected chi connectivity index (χ0v) is 25.4. The summed E-state index contributed by atoms with van der Waals surface area (Å²) < 4.78 is 10.7. The summed E-state index contributed by atoms with van der Waals surface area (Å²) in [5, 5.41) is 5.75. The minimum absolute atomic E-state index is 0.118. The molecule has 4 N–H and O–H groups in total. The van der Waals surface area contributed by atoms with Crippen LogP contribution in [0.1, 0.15) is 79.7 Å². The van der Waals surface area contributed by atoms with Gasteiger partial charge in [0.05, 0.1) is 17.4 Å². The van der Waals surface area contributed by atoms with Crippen molar-refractivity contribution in [1.29, 1.82) is 0 Å². The van der Waals surface area contributed by atoms with Crippen molar-refractivity contribution in [2.45, 2.75) is 59.5 Å². The van der Waals surface area contributed by atoms with Crippen LogP contribution in [0, 0.1) is 16.7 Å². The molecule has 4 unspecified atom stereocenters. The third kappa shape index (κ3) is 8.50. The molecule has 43 heavy (non-hydrogen) atoms. The predicted molar refractivity (Wildman–Crippen MR) is 161 cm³/mol. The van der Waals surface area contributed by atoms with E-state index >= 15 is 0 Å². The van der Waals surface area contributed by atoms with Crippen molar-refractivity contribution in [2.24, 2.45) is 22.5 Å². The van der Waals surface area contributed by atoms with Gasteiger partial charge in [0.1, 0.15) is 12.7 Å². The van der Waals surface area contributed by atoms with E-state index in [1.165, 1.54) is 0 Å². The highest BCUT2D eigenvalue weighted by molar-refractivity contribution is 6.09. The fraction of sp³-hybridized carbons (Fsp3) is 0.485. The average molecular weight is 594 g/mol. The molecule has 1 fully saturated rings. The molecule has 1 saturated heterocycles. The number of hydrogen-bond acceptors (Lipinski definition) is 7. The molecule has 2 aromatic rings. The number of hydrogen-bond donors (Lipinski definition) is 3. The monoisotopic (exact) mass is 593 g/mol. The molecule has 0 radical (unpaired) electrons. The van der Waals surface area contributed by atoms with Crippen molar-refractivity contribution in [3.63, 3.8) is 0 Å². The Labute approximate surface area is 253 Å². The van der Waals surface area contributed by atoms with Gasteiger partial charge >= 0.3 is 5.97 Å². The molecule has 0 saturated carbocycles. The van der Waals surface area contributed by atoms with Gasteiger partial charge in [0.25, 0.3) is 5.91 Å². The summed E-state index contributed by atoms with van der Waals surface area (Å²) in [7, 11) is 0. The van der Waals surface area contributed by atoms with Crippen LogP contribution in [0.4, 0.5) is 0 Å². The second-order valence-corrected chi connectivity index (χ2v) is 11.6. The van der Waals surface area contributed by atoms with E-state index in [0.29, 0.717) is 49.1 Å². The van der Waals surface area contributed by atoms with Gasteiger partial charge in [-0.25, -0.2) is 0 Å². The van der Waals surface area contributed by atoms with Gasteiger partial charge in [-0.2, -0.15) is 0 Å². The summed E-state index contributed by atoms with van der Waals surface area (Å²) in [6, 6.07) is 15.4.